The lowest BCUT2D eigenvalue weighted by atomic mass is 10.1. The molecule has 3 heteroatoms. The second-order valence-electron chi connectivity index (χ2n) is 3.62. The van der Waals surface area contributed by atoms with Gasteiger partial charge in [0.25, 0.3) is 0 Å². The van der Waals surface area contributed by atoms with Crippen LogP contribution in [0, 0.1) is 13.8 Å². The summed E-state index contributed by atoms with van der Waals surface area (Å²) in [6.45, 7) is 7.53. The van der Waals surface area contributed by atoms with Crippen molar-refractivity contribution in [3.8, 4) is 0 Å². The molecule has 80 valence electrons. The van der Waals surface area contributed by atoms with Crippen molar-refractivity contribution in [2.45, 2.75) is 46.6 Å². The van der Waals surface area contributed by atoms with Crippen molar-refractivity contribution in [3.63, 3.8) is 0 Å². The highest BCUT2D eigenvalue weighted by Gasteiger charge is 2.08. The van der Waals surface area contributed by atoms with Crippen LogP contribution >= 0.6 is 15.9 Å². The lowest BCUT2D eigenvalue weighted by Crippen LogP contribution is -2.03. The highest BCUT2D eigenvalue weighted by molar-refractivity contribution is 9.09. The third-order valence-corrected chi connectivity index (χ3v) is 3.20. The normalized spacial score (nSPS) is 10.9. The average Bonchev–Trinajstić information content (AvgIpc) is 2.42. The van der Waals surface area contributed by atoms with E-state index in [1.165, 1.54) is 29.8 Å². The summed E-state index contributed by atoms with van der Waals surface area (Å²) >= 11 is 3.45. The van der Waals surface area contributed by atoms with Crippen LogP contribution in [0.4, 0.5) is 0 Å². The molecule has 0 radical (unpaired) electrons. The molecule has 0 N–H and O–H groups in total. The molecule has 0 aromatic carbocycles. The second-order valence-corrected chi connectivity index (χ2v) is 4.42. The zero-order valence-corrected chi connectivity index (χ0v) is 10.9. The minimum absolute atomic E-state index is 1.05. The maximum Gasteiger partial charge on any atom is 0.0628 e. The minimum atomic E-state index is 1.05. The Morgan fingerprint density at radius 1 is 1.29 bits per heavy atom. The fourth-order valence-corrected chi connectivity index (χ4v) is 2.22. The van der Waals surface area contributed by atoms with Gasteiger partial charge in [-0.15, -0.1) is 0 Å². The lowest BCUT2D eigenvalue weighted by Gasteiger charge is -2.03. The van der Waals surface area contributed by atoms with Gasteiger partial charge in [0, 0.05) is 17.6 Å². The summed E-state index contributed by atoms with van der Waals surface area (Å²) < 4.78 is 2.15. The Kier molecular flexibility index (Phi) is 4.66. The summed E-state index contributed by atoms with van der Waals surface area (Å²) in [7, 11) is 0. The van der Waals surface area contributed by atoms with Crippen LogP contribution in [0.2, 0.25) is 0 Å². The molecule has 0 unspecified atom stereocenters. The number of aromatic nitrogens is 2. The molecule has 0 saturated heterocycles. The summed E-state index contributed by atoms with van der Waals surface area (Å²) in [6.07, 6.45) is 3.52. The lowest BCUT2D eigenvalue weighted by molar-refractivity contribution is 0.558. The highest BCUT2D eigenvalue weighted by Crippen LogP contribution is 2.14. The monoisotopic (exact) mass is 258 g/mol. The first-order chi connectivity index (χ1) is 6.70. The van der Waals surface area contributed by atoms with E-state index < -0.39 is 0 Å². The van der Waals surface area contributed by atoms with Gasteiger partial charge in [-0.3, -0.25) is 4.68 Å². The van der Waals surface area contributed by atoms with E-state index in [1.54, 1.807) is 0 Å². The van der Waals surface area contributed by atoms with Gasteiger partial charge in [0.15, 0.2) is 0 Å². The molecule has 0 fully saturated rings. The van der Waals surface area contributed by atoms with Gasteiger partial charge in [-0.2, -0.15) is 5.10 Å². The summed E-state index contributed by atoms with van der Waals surface area (Å²) in [5.74, 6) is 0. The molecule has 1 aromatic rings. The van der Waals surface area contributed by atoms with E-state index in [0.717, 1.165) is 18.3 Å². The van der Waals surface area contributed by atoms with Gasteiger partial charge in [-0.1, -0.05) is 22.9 Å². The summed E-state index contributed by atoms with van der Waals surface area (Å²) in [5, 5.41) is 5.64. The molecule has 14 heavy (non-hydrogen) atoms. The van der Waals surface area contributed by atoms with Crippen molar-refractivity contribution >= 4 is 15.9 Å². The molecule has 0 bridgehead atoms. The molecular weight excluding hydrogens is 240 g/mol. The molecule has 2 nitrogen and oxygen atoms in total. The molecule has 0 aliphatic rings. The van der Waals surface area contributed by atoms with Crippen molar-refractivity contribution in [2.75, 3.05) is 5.33 Å². The Morgan fingerprint density at radius 3 is 2.50 bits per heavy atom. The van der Waals surface area contributed by atoms with Gasteiger partial charge in [-0.25, -0.2) is 0 Å². The molecule has 0 saturated carbocycles. The first-order valence-electron chi connectivity index (χ1n) is 5.29. The van der Waals surface area contributed by atoms with Gasteiger partial charge in [0.05, 0.1) is 5.69 Å². The Balaban J connectivity index is 2.68. The molecule has 0 amide bonds. The third kappa shape index (κ3) is 2.59. The van der Waals surface area contributed by atoms with E-state index in [9.17, 15) is 0 Å². The number of halogens is 1. The zero-order valence-electron chi connectivity index (χ0n) is 9.31. The maximum atomic E-state index is 4.55. The second kappa shape index (κ2) is 5.54. The van der Waals surface area contributed by atoms with E-state index in [0.29, 0.717) is 0 Å². The van der Waals surface area contributed by atoms with Gasteiger partial charge < -0.3 is 0 Å². The Bertz CT molecular complexity index is 292. The topological polar surface area (TPSA) is 17.8 Å². The molecule has 0 aliphatic carbocycles. The predicted molar refractivity (Wildman–Crippen MR) is 64.1 cm³/mol. The van der Waals surface area contributed by atoms with Crippen molar-refractivity contribution in [1.82, 2.24) is 9.78 Å². The van der Waals surface area contributed by atoms with Crippen LogP contribution in [0.5, 0.6) is 0 Å². The van der Waals surface area contributed by atoms with Crippen LogP contribution in [-0.2, 0) is 13.0 Å². The van der Waals surface area contributed by atoms with Gasteiger partial charge >= 0.3 is 0 Å². The first kappa shape index (κ1) is 11.8. The summed E-state index contributed by atoms with van der Waals surface area (Å²) in [6, 6.07) is 0. The van der Waals surface area contributed by atoms with Crippen molar-refractivity contribution in [2.24, 2.45) is 0 Å². The fourth-order valence-electron chi connectivity index (χ4n) is 1.82. The van der Waals surface area contributed by atoms with Gasteiger partial charge in [0.1, 0.15) is 0 Å². The number of hydrogen-bond donors (Lipinski definition) is 0. The molecule has 1 aromatic heterocycles. The van der Waals surface area contributed by atoms with Gasteiger partial charge in [0.2, 0.25) is 0 Å². The molecule has 1 heterocycles. The van der Waals surface area contributed by atoms with Gasteiger partial charge in [-0.05, 0) is 38.7 Å². The van der Waals surface area contributed by atoms with Crippen LogP contribution in [0.25, 0.3) is 0 Å². The molecule has 1 rings (SSSR count). The fraction of sp³-hybridized carbons (Fsp3) is 0.727. The Labute approximate surface area is 94.8 Å². The van der Waals surface area contributed by atoms with E-state index in [-0.39, 0.29) is 0 Å². The minimum Gasteiger partial charge on any atom is -0.269 e. The SMILES string of the molecule is CCc1c(C)nn(CCCCBr)c1C. The summed E-state index contributed by atoms with van der Waals surface area (Å²) in [4.78, 5) is 0. The zero-order chi connectivity index (χ0) is 10.6. The van der Waals surface area contributed by atoms with Crippen LogP contribution in [0.15, 0.2) is 0 Å². The summed E-state index contributed by atoms with van der Waals surface area (Å²) in [5.41, 5.74) is 3.97. The van der Waals surface area contributed by atoms with Crippen molar-refractivity contribution < 1.29 is 0 Å². The van der Waals surface area contributed by atoms with Crippen LogP contribution < -0.4 is 0 Å². The number of alkyl halides is 1. The largest absolute Gasteiger partial charge is 0.269 e. The van der Waals surface area contributed by atoms with Crippen molar-refractivity contribution in [1.29, 1.82) is 0 Å². The predicted octanol–water partition coefficient (Wildman–Crippen LogP) is 3.24. The highest BCUT2D eigenvalue weighted by atomic mass is 79.9. The molecule has 0 atom stereocenters. The van der Waals surface area contributed by atoms with Crippen LogP contribution in [0.1, 0.15) is 36.7 Å². The van der Waals surface area contributed by atoms with E-state index in [1.807, 2.05) is 0 Å². The Hall–Kier alpha value is -0.310. The number of rotatable bonds is 5. The standard InChI is InChI=1S/C11H19BrN2/c1-4-11-9(2)13-14(10(11)3)8-6-5-7-12/h4-8H2,1-3H3. The number of hydrogen-bond acceptors (Lipinski definition) is 1. The first-order valence-corrected chi connectivity index (χ1v) is 6.41. The van der Waals surface area contributed by atoms with Crippen LogP contribution in [-0.4, -0.2) is 15.1 Å². The quantitative estimate of drug-likeness (QED) is 0.586. The average molecular weight is 259 g/mol. The smallest absolute Gasteiger partial charge is 0.0628 e. The van der Waals surface area contributed by atoms with E-state index >= 15 is 0 Å². The van der Waals surface area contributed by atoms with E-state index in [2.05, 4.69) is 46.5 Å². The Morgan fingerprint density at radius 2 is 2.00 bits per heavy atom. The maximum absolute atomic E-state index is 4.55. The number of unbranched alkanes of at least 4 members (excludes halogenated alkanes) is 1. The van der Waals surface area contributed by atoms with Crippen molar-refractivity contribution in [3.05, 3.63) is 17.0 Å². The molecule has 0 aliphatic heterocycles. The number of aryl methyl sites for hydroxylation is 2. The molecular formula is C11H19BrN2. The number of nitrogens with zero attached hydrogens (tertiary/aromatic N) is 2. The van der Waals surface area contributed by atoms with E-state index in [4.69, 9.17) is 0 Å². The molecule has 0 spiro atoms. The van der Waals surface area contributed by atoms with Crippen LogP contribution in [0.3, 0.4) is 0 Å². The third-order valence-electron chi connectivity index (χ3n) is 2.64.